The molecule has 33 heavy (non-hydrogen) atoms. The number of piperidine rings is 1. The van der Waals surface area contributed by atoms with E-state index in [0.717, 1.165) is 5.56 Å². The monoisotopic (exact) mass is 471 g/mol. The number of aromatic nitrogens is 2. The average molecular weight is 472 g/mol. The standard InChI is InChI=1S/C23H26ClN5O4/c1-13(2)32-23(30)29-16-7-18(8-17(29)11-31-10-16)33-22-14(3)21(26-12-27-22)28-20-5-4-15(9-25)6-19(20)24/h4-6,12-13,16-18H,7-8,10-11H2,1-3H3,(H,26,27,28)/t16-,17?,18?/m1/s1. The molecule has 2 bridgehead atoms. The van der Waals surface area contributed by atoms with Gasteiger partial charge in [0.25, 0.3) is 0 Å². The fourth-order valence-corrected chi connectivity index (χ4v) is 4.40. The van der Waals surface area contributed by atoms with E-state index in [4.69, 9.17) is 31.1 Å². The van der Waals surface area contributed by atoms with Crippen LogP contribution in [-0.2, 0) is 9.47 Å². The number of carbonyl (C=O) groups excluding carboxylic acids is 1. The Morgan fingerprint density at radius 2 is 2.03 bits per heavy atom. The molecule has 10 heteroatoms. The molecule has 3 atom stereocenters. The van der Waals surface area contributed by atoms with Crippen molar-refractivity contribution in [2.24, 2.45) is 0 Å². The first-order valence-electron chi connectivity index (χ1n) is 10.9. The van der Waals surface area contributed by atoms with Gasteiger partial charge in [-0.1, -0.05) is 11.6 Å². The molecule has 1 N–H and O–H groups in total. The predicted octanol–water partition coefficient (Wildman–Crippen LogP) is 4.21. The maximum absolute atomic E-state index is 12.6. The summed E-state index contributed by atoms with van der Waals surface area (Å²) in [5.41, 5.74) is 1.85. The number of rotatable bonds is 5. The molecule has 1 aromatic carbocycles. The van der Waals surface area contributed by atoms with E-state index in [0.29, 0.717) is 54.0 Å². The normalized spacial score (nSPS) is 21.9. The Balaban J connectivity index is 1.47. The van der Waals surface area contributed by atoms with Crippen molar-refractivity contribution in [1.82, 2.24) is 14.9 Å². The van der Waals surface area contributed by atoms with Crippen LogP contribution in [-0.4, -0.2) is 58.5 Å². The molecule has 0 radical (unpaired) electrons. The number of nitrogens with zero attached hydrogens (tertiary/aromatic N) is 4. The van der Waals surface area contributed by atoms with Gasteiger partial charge in [-0.3, -0.25) is 4.90 Å². The second-order valence-corrected chi connectivity index (χ2v) is 8.89. The number of nitriles is 1. The maximum atomic E-state index is 12.6. The summed E-state index contributed by atoms with van der Waals surface area (Å²) in [7, 11) is 0. The Morgan fingerprint density at radius 3 is 2.67 bits per heavy atom. The Labute approximate surface area is 197 Å². The summed E-state index contributed by atoms with van der Waals surface area (Å²) in [6.45, 7) is 6.46. The second kappa shape index (κ2) is 9.81. The van der Waals surface area contributed by atoms with Crippen molar-refractivity contribution < 1.29 is 19.0 Å². The lowest BCUT2D eigenvalue weighted by atomic mass is 9.92. The molecule has 9 nitrogen and oxygen atoms in total. The highest BCUT2D eigenvalue weighted by Gasteiger charge is 2.43. The molecule has 2 aromatic rings. The molecule has 2 fully saturated rings. The zero-order chi connectivity index (χ0) is 23.5. The van der Waals surface area contributed by atoms with E-state index in [-0.39, 0.29) is 30.4 Å². The number of hydrogen-bond acceptors (Lipinski definition) is 8. The number of amides is 1. The lowest BCUT2D eigenvalue weighted by Crippen LogP contribution is -2.61. The number of ether oxygens (including phenoxy) is 3. The van der Waals surface area contributed by atoms with Gasteiger partial charge >= 0.3 is 6.09 Å². The van der Waals surface area contributed by atoms with Gasteiger partial charge in [0.05, 0.1) is 59.3 Å². The topological polar surface area (TPSA) is 110 Å². The van der Waals surface area contributed by atoms with Crippen LogP contribution in [0.1, 0.15) is 37.8 Å². The molecule has 2 aliphatic rings. The Bertz CT molecular complexity index is 1060. The second-order valence-electron chi connectivity index (χ2n) is 8.48. The highest BCUT2D eigenvalue weighted by atomic mass is 35.5. The van der Waals surface area contributed by atoms with Gasteiger partial charge in [-0.2, -0.15) is 5.26 Å². The summed E-state index contributed by atoms with van der Waals surface area (Å²) >= 11 is 6.29. The predicted molar refractivity (Wildman–Crippen MR) is 122 cm³/mol. The van der Waals surface area contributed by atoms with Crippen LogP contribution < -0.4 is 10.1 Å². The number of nitrogens with one attached hydrogen (secondary N) is 1. The van der Waals surface area contributed by atoms with Crippen LogP contribution in [0.5, 0.6) is 5.88 Å². The molecular formula is C23H26ClN5O4. The SMILES string of the molecule is Cc1c(Nc2ccc(C#N)cc2Cl)ncnc1OC1CC2COC[C@@H](C1)N2C(=O)OC(C)C. The van der Waals surface area contributed by atoms with Crippen LogP contribution in [0, 0.1) is 18.3 Å². The molecule has 0 aliphatic carbocycles. The zero-order valence-electron chi connectivity index (χ0n) is 18.7. The van der Waals surface area contributed by atoms with Gasteiger partial charge in [-0.15, -0.1) is 0 Å². The van der Waals surface area contributed by atoms with Gasteiger partial charge in [0, 0.05) is 12.8 Å². The van der Waals surface area contributed by atoms with Gasteiger partial charge < -0.3 is 19.5 Å². The van der Waals surface area contributed by atoms with Gasteiger partial charge in [-0.25, -0.2) is 14.8 Å². The molecule has 1 amide bonds. The summed E-state index contributed by atoms with van der Waals surface area (Å²) in [4.78, 5) is 23.0. The van der Waals surface area contributed by atoms with Crippen LogP contribution in [0.2, 0.25) is 5.02 Å². The molecule has 2 saturated heterocycles. The number of morpholine rings is 1. The van der Waals surface area contributed by atoms with Crippen LogP contribution in [0.15, 0.2) is 24.5 Å². The number of benzene rings is 1. The third kappa shape index (κ3) is 5.13. The van der Waals surface area contributed by atoms with E-state index in [1.807, 2.05) is 20.8 Å². The molecule has 174 valence electrons. The highest BCUT2D eigenvalue weighted by molar-refractivity contribution is 6.33. The number of anilines is 2. The van der Waals surface area contributed by atoms with Gasteiger partial charge in [-0.05, 0) is 39.0 Å². The molecule has 1 aromatic heterocycles. The van der Waals surface area contributed by atoms with Crippen LogP contribution in [0.4, 0.5) is 16.3 Å². The minimum atomic E-state index is -0.300. The Kier molecular flexibility index (Phi) is 6.86. The van der Waals surface area contributed by atoms with Crippen LogP contribution >= 0.6 is 11.6 Å². The number of halogens is 1. The average Bonchev–Trinajstić information content (AvgIpc) is 2.76. The summed E-state index contributed by atoms with van der Waals surface area (Å²) in [6.07, 6.45) is 2.08. The number of hydrogen-bond donors (Lipinski definition) is 1. The largest absolute Gasteiger partial charge is 0.474 e. The molecular weight excluding hydrogens is 446 g/mol. The first-order valence-corrected chi connectivity index (χ1v) is 11.2. The minimum absolute atomic E-state index is 0.106. The summed E-state index contributed by atoms with van der Waals surface area (Å²) < 4.78 is 17.4. The fraction of sp³-hybridized carbons (Fsp3) is 0.478. The molecule has 3 heterocycles. The minimum Gasteiger partial charge on any atom is -0.474 e. The molecule has 2 unspecified atom stereocenters. The zero-order valence-corrected chi connectivity index (χ0v) is 19.5. The fourth-order valence-electron chi connectivity index (χ4n) is 4.17. The van der Waals surface area contributed by atoms with Crippen molar-refractivity contribution in [3.8, 4) is 11.9 Å². The smallest absolute Gasteiger partial charge is 0.410 e. The third-order valence-corrected chi connectivity index (χ3v) is 6.00. The van der Waals surface area contributed by atoms with Gasteiger partial charge in [0.1, 0.15) is 18.2 Å². The van der Waals surface area contributed by atoms with E-state index in [1.54, 1.807) is 23.1 Å². The first-order chi connectivity index (χ1) is 15.9. The van der Waals surface area contributed by atoms with E-state index < -0.39 is 0 Å². The Hall–Kier alpha value is -3.09. The van der Waals surface area contributed by atoms with Crippen molar-refractivity contribution in [2.45, 2.75) is 57.9 Å². The summed E-state index contributed by atoms with van der Waals surface area (Å²) in [5.74, 6) is 1.03. The molecule has 4 rings (SSSR count). The van der Waals surface area contributed by atoms with Crippen molar-refractivity contribution in [1.29, 1.82) is 5.26 Å². The summed E-state index contributed by atoms with van der Waals surface area (Å²) in [6, 6.07) is 6.86. The number of carbonyl (C=O) groups is 1. The lowest BCUT2D eigenvalue weighted by molar-refractivity contribution is -0.0934. The first kappa shape index (κ1) is 23.1. The van der Waals surface area contributed by atoms with E-state index in [9.17, 15) is 4.79 Å². The van der Waals surface area contributed by atoms with Gasteiger partial charge in [0.15, 0.2) is 0 Å². The quantitative estimate of drug-likeness (QED) is 0.690. The van der Waals surface area contributed by atoms with Gasteiger partial charge in [0.2, 0.25) is 5.88 Å². The molecule has 0 saturated carbocycles. The van der Waals surface area contributed by atoms with E-state index in [2.05, 4.69) is 21.4 Å². The van der Waals surface area contributed by atoms with Crippen LogP contribution in [0.25, 0.3) is 0 Å². The maximum Gasteiger partial charge on any atom is 0.410 e. The molecule has 2 aliphatic heterocycles. The highest BCUT2D eigenvalue weighted by Crippen LogP contribution is 2.33. The third-order valence-electron chi connectivity index (χ3n) is 5.69. The molecule has 0 spiro atoms. The van der Waals surface area contributed by atoms with Crippen molar-refractivity contribution in [3.05, 3.63) is 40.7 Å². The number of fused-ring (bicyclic) bond motifs is 2. The van der Waals surface area contributed by atoms with Crippen molar-refractivity contribution in [3.63, 3.8) is 0 Å². The van der Waals surface area contributed by atoms with Crippen LogP contribution in [0.3, 0.4) is 0 Å². The summed E-state index contributed by atoms with van der Waals surface area (Å²) in [5, 5.41) is 12.6. The van der Waals surface area contributed by atoms with Crippen molar-refractivity contribution in [2.75, 3.05) is 18.5 Å². The lowest BCUT2D eigenvalue weighted by Gasteiger charge is -2.47. The van der Waals surface area contributed by atoms with E-state index >= 15 is 0 Å². The van der Waals surface area contributed by atoms with E-state index in [1.165, 1.54) is 6.33 Å². The Morgan fingerprint density at radius 1 is 1.30 bits per heavy atom. The van der Waals surface area contributed by atoms with Crippen molar-refractivity contribution >= 4 is 29.2 Å².